The Kier molecular flexibility index (Phi) is 3.64. The van der Waals surface area contributed by atoms with Gasteiger partial charge in [-0.1, -0.05) is 32.9 Å². The maximum atomic E-state index is 12.4. The summed E-state index contributed by atoms with van der Waals surface area (Å²) in [6.45, 7) is 7.74. The molecule has 0 aliphatic heterocycles. The Morgan fingerprint density at radius 3 is 2.67 bits per heavy atom. The number of rotatable bonds is 2. The molecule has 2 aromatic rings. The average Bonchev–Trinajstić information content (AvgIpc) is 2.97. The van der Waals surface area contributed by atoms with Crippen molar-refractivity contribution in [3.05, 3.63) is 53.8 Å². The number of ketones is 1. The lowest BCUT2D eigenvalue weighted by molar-refractivity contribution is -0.124. The number of aromatic nitrogens is 3. The molecule has 0 aromatic carbocycles. The summed E-state index contributed by atoms with van der Waals surface area (Å²) in [6, 6.07) is 7.88. The number of carbonyl (C=O) groups excluding carboxylic acids is 1. The van der Waals surface area contributed by atoms with Crippen molar-refractivity contribution in [1.82, 2.24) is 14.5 Å². The molecule has 2 heterocycles. The van der Waals surface area contributed by atoms with E-state index in [1.54, 1.807) is 12.3 Å². The van der Waals surface area contributed by atoms with Crippen LogP contribution in [0.25, 0.3) is 5.82 Å². The van der Waals surface area contributed by atoms with E-state index in [4.69, 9.17) is 4.98 Å². The average molecular weight is 320 g/mol. The summed E-state index contributed by atoms with van der Waals surface area (Å²) in [5.74, 6) is 1.55. The lowest BCUT2D eigenvalue weighted by Gasteiger charge is -2.38. The molecule has 1 unspecified atom stereocenters. The highest BCUT2D eigenvalue weighted by atomic mass is 16.1. The van der Waals surface area contributed by atoms with Crippen molar-refractivity contribution >= 4 is 5.78 Å². The molecule has 0 radical (unpaired) electrons. The zero-order valence-corrected chi connectivity index (χ0v) is 14.4. The highest BCUT2D eigenvalue weighted by molar-refractivity contribution is 6.04. The van der Waals surface area contributed by atoms with Crippen molar-refractivity contribution in [2.75, 3.05) is 0 Å². The van der Waals surface area contributed by atoms with Gasteiger partial charge in [0.05, 0.1) is 11.3 Å². The Morgan fingerprint density at radius 1 is 1.29 bits per heavy atom. The molecule has 24 heavy (non-hydrogen) atoms. The minimum Gasteiger partial charge on any atom is -0.293 e. The molecular weight excluding hydrogens is 300 g/mol. The highest BCUT2D eigenvalue weighted by Crippen LogP contribution is 2.43. The molecule has 0 N–H and O–H groups in total. The molecule has 0 bridgehead atoms. The Labute approximate surface area is 141 Å². The van der Waals surface area contributed by atoms with Crippen LogP contribution in [0.3, 0.4) is 0 Å². The first-order chi connectivity index (χ1) is 11.3. The number of carbonyl (C=O) groups is 1. The van der Waals surface area contributed by atoms with E-state index in [-0.39, 0.29) is 11.4 Å². The highest BCUT2D eigenvalue weighted by Gasteiger charge is 2.44. The van der Waals surface area contributed by atoms with Crippen LogP contribution in [0.5, 0.6) is 0 Å². The molecule has 1 aliphatic carbocycles. The topological polar surface area (TPSA) is 71.6 Å². The molecule has 0 saturated carbocycles. The van der Waals surface area contributed by atoms with Crippen molar-refractivity contribution in [3.63, 3.8) is 0 Å². The number of pyridine rings is 1. The van der Waals surface area contributed by atoms with Gasteiger partial charge in [-0.2, -0.15) is 5.26 Å². The molecule has 0 fully saturated rings. The normalized spacial score (nSPS) is 22.8. The fraction of sp³-hybridized carbons (Fsp3) is 0.368. The van der Waals surface area contributed by atoms with Crippen LogP contribution in [-0.4, -0.2) is 20.3 Å². The first-order valence-electron chi connectivity index (χ1n) is 7.92. The summed E-state index contributed by atoms with van der Waals surface area (Å²) >= 11 is 0. The number of imidazole rings is 1. The minimum atomic E-state index is -0.586. The summed E-state index contributed by atoms with van der Waals surface area (Å²) < 4.78 is 1.92. The quantitative estimate of drug-likeness (QED) is 0.851. The number of aryl methyl sites for hydroxylation is 1. The minimum absolute atomic E-state index is 0.0934. The van der Waals surface area contributed by atoms with Gasteiger partial charge in [-0.25, -0.2) is 9.97 Å². The largest absolute Gasteiger partial charge is 0.293 e. The van der Waals surface area contributed by atoms with E-state index in [1.165, 1.54) is 0 Å². The number of hydrogen-bond donors (Lipinski definition) is 0. The third-order valence-corrected chi connectivity index (χ3v) is 4.64. The second kappa shape index (κ2) is 5.41. The van der Waals surface area contributed by atoms with E-state index in [1.807, 2.05) is 56.7 Å². The number of allylic oxidation sites excluding steroid dienone is 2. The van der Waals surface area contributed by atoms with Gasteiger partial charge in [0, 0.05) is 23.2 Å². The third kappa shape index (κ3) is 2.54. The van der Waals surface area contributed by atoms with Crippen molar-refractivity contribution in [3.8, 4) is 11.9 Å². The van der Waals surface area contributed by atoms with Crippen molar-refractivity contribution in [2.24, 2.45) is 5.41 Å². The van der Waals surface area contributed by atoms with Crippen LogP contribution < -0.4 is 0 Å². The summed E-state index contributed by atoms with van der Waals surface area (Å²) in [6.07, 6.45) is 5.99. The molecule has 122 valence electrons. The van der Waals surface area contributed by atoms with Crippen LogP contribution in [0.2, 0.25) is 0 Å². The summed E-state index contributed by atoms with van der Waals surface area (Å²) in [4.78, 5) is 21.4. The van der Waals surface area contributed by atoms with Crippen LogP contribution in [0.4, 0.5) is 0 Å². The molecule has 1 atom stereocenters. The Morgan fingerprint density at radius 2 is 2.04 bits per heavy atom. The molecule has 0 spiro atoms. The second-order valence-electron chi connectivity index (χ2n) is 7.20. The molecule has 0 saturated heterocycles. The van der Waals surface area contributed by atoms with E-state index in [0.29, 0.717) is 6.42 Å². The van der Waals surface area contributed by atoms with Crippen LogP contribution in [0.1, 0.15) is 38.7 Å². The van der Waals surface area contributed by atoms with Crippen LogP contribution >= 0.6 is 0 Å². The smallest absolute Gasteiger partial charge is 0.178 e. The molecule has 0 amide bonds. The predicted molar refractivity (Wildman–Crippen MR) is 90.5 cm³/mol. The standard InChI is InChI=1S/C19H20N4O/c1-13-21-8-9-23(13)16-7-5-6-15(22-16)19(4)10-14(11-20)17(24)18(2,3)12-19/h5-10H,12H2,1-4H3. The van der Waals surface area contributed by atoms with Gasteiger partial charge in [-0.05, 0) is 25.5 Å². The summed E-state index contributed by atoms with van der Waals surface area (Å²) in [5, 5.41) is 9.34. The zero-order chi connectivity index (χ0) is 17.5. The van der Waals surface area contributed by atoms with Crippen molar-refractivity contribution < 1.29 is 4.79 Å². The van der Waals surface area contributed by atoms with E-state index in [9.17, 15) is 10.1 Å². The number of hydrogen-bond acceptors (Lipinski definition) is 4. The molecule has 5 heteroatoms. The van der Waals surface area contributed by atoms with E-state index in [2.05, 4.69) is 11.1 Å². The van der Waals surface area contributed by atoms with Crippen molar-refractivity contribution in [2.45, 2.75) is 39.5 Å². The molecule has 3 rings (SSSR count). The Bertz CT molecular complexity index is 885. The predicted octanol–water partition coefficient (Wildman–Crippen LogP) is 3.28. The van der Waals surface area contributed by atoms with Crippen LogP contribution in [0.15, 0.2) is 42.2 Å². The fourth-order valence-corrected chi connectivity index (χ4v) is 3.54. The SMILES string of the molecule is Cc1nccn1-c1cccc(C2(C)C=C(C#N)C(=O)C(C)(C)C2)n1. The van der Waals surface area contributed by atoms with Gasteiger partial charge in [0.15, 0.2) is 5.78 Å². The van der Waals surface area contributed by atoms with E-state index < -0.39 is 10.8 Å². The monoisotopic (exact) mass is 320 g/mol. The number of nitriles is 1. The fourth-order valence-electron chi connectivity index (χ4n) is 3.54. The lowest BCUT2D eigenvalue weighted by atomic mass is 9.64. The molecule has 2 aromatic heterocycles. The van der Waals surface area contributed by atoms with Crippen LogP contribution in [0, 0.1) is 23.7 Å². The second-order valence-corrected chi connectivity index (χ2v) is 7.20. The van der Waals surface area contributed by atoms with Gasteiger partial charge in [0.2, 0.25) is 0 Å². The van der Waals surface area contributed by atoms with Gasteiger partial charge in [-0.15, -0.1) is 0 Å². The maximum absolute atomic E-state index is 12.4. The summed E-state index contributed by atoms with van der Waals surface area (Å²) in [5.41, 5.74) is 0.0191. The lowest BCUT2D eigenvalue weighted by Crippen LogP contribution is -2.39. The molecular formula is C19H20N4O. The summed E-state index contributed by atoms with van der Waals surface area (Å²) in [7, 11) is 0. The maximum Gasteiger partial charge on any atom is 0.178 e. The number of Topliss-reactive ketones (excluding diaryl/α,β-unsaturated/α-hetero) is 1. The van der Waals surface area contributed by atoms with Gasteiger partial charge < -0.3 is 0 Å². The first kappa shape index (κ1) is 16.1. The van der Waals surface area contributed by atoms with Gasteiger partial charge in [-0.3, -0.25) is 9.36 Å². The van der Waals surface area contributed by atoms with E-state index in [0.717, 1.165) is 17.3 Å². The van der Waals surface area contributed by atoms with Crippen molar-refractivity contribution in [1.29, 1.82) is 5.26 Å². The molecule has 5 nitrogen and oxygen atoms in total. The van der Waals surface area contributed by atoms with Gasteiger partial charge in [0.25, 0.3) is 0 Å². The van der Waals surface area contributed by atoms with Gasteiger partial charge in [0.1, 0.15) is 17.7 Å². The number of nitrogens with zero attached hydrogens (tertiary/aromatic N) is 4. The van der Waals surface area contributed by atoms with Crippen LogP contribution in [-0.2, 0) is 10.2 Å². The van der Waals surface area contributed by atoms with E-state index >= 15 is 0 Å². The van der Waals surface area contributed by atoms with Gasteiger partial charge >= 0.3 is 0 Å². The first-order valence-corrected chi connectivity index (χ1v) is 7.92. The Hall–Kier alpha value is -2.74. The third-order valence-electron chi connectivity index (χ3n) is 4.64. The Balaban J connectivity index is 2.12. The zero-order valence-electron chi connectivity index (χ0n) is 14.4. The molecule has 1 aliphatic rings.